The number of benzene rings is 2. The molecule has 0 radical (unpaired) electrons. The summed E-state index contributed by atoms with van der Waals surface area (Å²) >= 11 is 3.30. The fraction of sp³-hybridized carbons (Fsp3) is 0. The Labute approximate surface area is 133 Å². The van der Waals surface area contributed by atoms with Gasteiger partial charge < -0.3 is 4.42 Å². The molecule has 5 nitrogen and oxygen atoms in total. The van der Waals surface area contributed by atoms with Crippen LogP contribution in [0.4, 0.5) is 10.4 Å². The number of hydrogen-bond donors (Lipinski definition) is 1. The summed E-state index contributed by atoms with van der Waals surface area (Å²) in [6.07, 6.45) is 0. The molecule has 0 aliphatic heterocycles. The molecule has 1 amide bonds. The fourth-order valence-electron chi connectivity index (χ4n) is 1.75. The van der Waals surface area contributed by atoms with Crippen LogP contribution in [0.3, 0.4) is 0 Å². The molecule has 2 aromatic carbocycles. The fourth-order valence-corrected chi connectivity index (χ4v) is 2.02. The Kier molecular flexibility index (Phi) is 3.97. The van der Waals surface area contributed by atoms with E-state index in [1.807, 2.05) is 0 Å². The number of carbonyl (C=O) groups is 1. The third-order valence-corrected chi connectivity index (χ3v) is 3.37. The van der Waals surface area contributed by atoms with Gasteiger partial charge in [0.25, 0.3) is 5.91 Å². The predicted molar refractivity (Wildman–Crippen MR) is 81.8 cm³/mol. The van der Waals surface area contributed by atoms with Crippen LogP contribution >= 0.6 is 15.9 Å². The smallest absolute Gasteiger partial charge is 0.322 e. The number of nitrogens with zero attached hydrogens (tertiary/aromatic N) is 2. The maximum absolute atomic E-state index is 12.9. The summed E-state index contributed by atoms with van der Waals surface area (Å²) in [7, 11) is 0. The molecule has 22 heavy (non-hydrogen) atoms. The lowest BCUT2D eigenvalue weighted by Crippen LogP contribution is -2.11. The highest BCUT2D eigenvalue weighted by Gasteiger charge is 2.12. The summed E-state index contributed by atoms with van der Waals surface area (Å²) in [5.41, 5.74) is 1.03. The van der Waals surface area contributed by atoms with Crippen molar-refractivity contribution in [3.8, 4) is 11.5 Å². The normalized spacial score (nSPS) is 10.5. The van der Waals surface area contributed by atoms with Crippen molar-refractivity contribution in [1.29, 1.82) is 0 Å². The van der Waals surface area contributed by atoms with Crippen molar-refractivity contribution in [2.45, 2.75) is 0 Å². The Morgan fingerprint density at radius 1 is 1.05 bits per heavy atom. The van der Waals surface area contributed by atoms with E-state index in [9.17, 15) is 9.18 Å². The molecule has 1 aromatic heterocycles. The van der Waals surface area contributed by atoms with Crippen LogP contribution in [0.25, 0.3) is 11.5 Å². The number of hydrogen-bond acceptors (Lipinski definition) is 4. The first kappa shape index (κ1) is 14.4. The summed E-state index contributed by atoms with van der Waals surface area (Å²) in [6.45, 7) is 0. The van der Waals surface area contributed by atoms with Gasteiger partial charge in [-0.05, 0) is 48.5 Å². The van der Waals surface area contributed by atoms with Gasteiger partial charge >= 0.3 is 6.01 Å². The van der Waals surface area contributed by atoms with Crippen molar-refractivity contribution in [3.63, 3.8) is 0 Å². The highest BCUT2D eigenvalue weighted by Crippen LogP contribution is 2.20. The van der Waals surface area contributed by atoms with Crippen LogP contribution in [-0.2, 0) is 0 Å². The number of aromatic nitrogens is 2. The second-order valence-corrected chi connectivity index (χ2v) is 5.30. The van der Waals surface area contributed by atoms with E-state index in [0.717, 1.165) is 4.47 Å². The quantitative estimate of drug-likeness (QED) is 0.768. The maximum Gasteiger partial charge on any atom is 0.322 e. The van der Waals surface area contributed by atoms with Gasteiger partial charge in [0, 0.05) is 15.6 Å². The Hall–Kier alpha value is -2.54. The molecular weight excluding hydrogens is 353 g/mol. The lowest BCUT2D eigenvalue weighted by Gasteiger charge is -2.00. The third kappa shape index (κ3) is 3.20. The Balaban J connectivity index is 1.75. The first-order chi connectivity index (χ1) is 10.6. The van der Waals surface area contributed by atoms with Gasteiger partial charge in [0.05, 0.1) is 0 Å². The van der Waals surface area contributed by atoms with E-state index in [0.29, 0.717) is 11.1 Å². The van der Waals surface area contributed by atoms with E-state index in [1.54, 1.807) is 24.3 Å². The summed E-state index contributed by atoms with van der Waals surface area (Å²) in [5, 5.41) is 10.1. The van der Waals surface area contributed by atoms with Gasteiger partial charge in [-0.2, -0.15) is 0 Å². The lowest BCUT2D eigenvalue weighted by molar-refractivity contribution is 0.102. The third-order valence-electron chi connectivity index (χ3n) is 2.84. The number of nitrogens with one attached hydrogen (secondary N) is 1. The molecule has 3 rings (SSSR count). The van der Waals surface area contributed by atoms with Crippen molar-refractivity contribution < 1.29 is 13.6 Å². The molecule has 0 saturated heterocycles. The summed E-state index contributed by atoms with van der Waals surface area (Å²) in [4.78, 5) is 12.0. The van der Waals surface area contributed by atoms with Crippen LogP contribution < -0.4 is 5.32 Å². The second-order valence-electron chi connectivity index (χ2n) is 4.38. The van der Waals surface area contributed by atoms with E-state index in [2.05, 4.69) is 31.4 Å². The van der Waals surface area contributed by atoms with Crippen LogP contribution in [-0.4, -0.2) is 16.1 Å². The van der Waals surface area contributed by atoms with E-state index in [1.165, 1.54) is 24.3 Å². The largest absolute Gasteiger partial charge is 0.403 e. The zero-order valence-electron chi connectivity index (χ0n) is 11.1. The molecule has 0 atom stereocenters. The van der Waals surface area contributed by atoms with Crippen molar-refractivity contribution >= 4 is 27.9 Å². The predicted octanol–water partition coefficient (Wildman–Crippen LogP) is 3.89. The first-order valence-electron chi connectivity index (χ1n) is 6.28. The molecule has 0 fully saturated rings. The van der Waals surface area contributed by atoms with E-state index in [-0.39, 0.29) is 23.6 Å². The van der Waals surface area contributed by atoms with Gasteiger partial charge in [0.1, 0.15) is 5.82 Å². The molecule has 1 N–H and O–H groups in total. The topological polar surface area (TPSA) is 68.0 Å². The Morgan fingerprint density at radius 3 is 2.41 bits per heavy atom. The van der Waals surface area contributed by atoms with Crippen molar-refractivity contribution in [1.82, 2.24) is 10.2 Å². The number of anilines is 1. The van der Waals surface area contributed by atoms with Gasteiger partial charge in [-0.15, -0.1) is 5.10 Å². The molecule has 0 aliphatic rings. The molecule has 0 bridgehead atoms. The van der Waals surface area contributed by atoms with E-state index < -0.39 is 0 Å². The SMILES string of the molecule is O=C(Nc1nnc(-c2ccc(F)cc2)o1)c1ccc(Br)cc1. The summed E-state index contributed by atoms with van der Waals surface area (Å²) in [5.74, 6) is -0.514. The minimum atomic E-state index is -0.359. The highest BCUT2D eigenvalue weighted by molar-refractivity contribution is 9.10. The monoisotopic (exact) mass is 361 g/mol. The summed E-state index contributed by atoms with van der Waals surface area (Å²) < 4.78 is 19.1. The van der Waals surface area contributed by atoms with Crippen LogP contribution in [0.5, 0.6) is 0 Å². The molecule has 110 valence electrons. The minimum absolute atomic E-state index is 0.0211. The Bertz CT molecular complexity index is 800. The van der Waals surface area contributed by atoms with Crippen LogP contribution in [0.1, 0.15) is 10.4 Å². The zero-order valence-corrected chi connectivity index (χ0v) is 12.7. The summed E-state index contributed by atoms with van der Waals surface area (Å²) in [6, 6.07) is 12.4. The maximum atomic E-state index is 12.9. The highest BCUT2D eigenvalue weighted by atomic mass is 79.9. The Morgan fingerprint density at radius 2 is 1.73 bits per heavy atom. The number of amides is 1. The van der Waals surface area contributed by atoms with Gasteiger partial charge in [0.15, 0.2) is 0 Å². The van der Waals surface area contributed by atoms with Crippen LogP contribution in [0, 0.1) is 5.82 Å². The molecule has 3 aromatic rings. The second kappa shape index (κ2) is 6.07. The van der Waals surface area contributed by atoms with Gasteiger partial charge in [-0.25, -0.2) is 4.39 Å². The molecule has 7 heteroatoms. The number of halogens is 2. The lowest BCUT2D eigenvalue weighted by atomic mass is 10.2. The van der Waals surface area contributed by atoms with Gasteiger partial charge in [0.2, 0.25) is 5.89 Å². The van der Waals surface area contributed by atoms with Crippen molar-refractivity contribution in [2.75, 3.05) is 5.32 Å². The average Bonchev–Trinajstić information content (AvgIpc) is 2.97. The number of rotatable bonds is 3. The van der Waals surface area contributed by atoms with Gasteiger partial charge in [-0.1, -0.05) is 21.0 Å². The van der Waals surface area contributed by atoms with Crippen molar-refractivity contribution in [3.05, 3.63) is 64.4 Å². The molecular formula is C15H9BrFN3O2. The molecule has 0 aliphatic carbocycles. The standard InChI is InChI=1S/C15H9BrFN3O2/c16-11-5-1-9(2-6-11)13(21)18-15-20-19-14(22-15)10-3-7-12(17)8-4-10/h1-8H,(H,18,20,21). The molecule has 0 spiro atoms. The van der Waals surface area contributed by atoms with Gasteiger partial charge in [-0.3, -0.25) is 10.1 Å². The minimum Gasteiger partial charge on any atom is -0.403 e. The van der Waals surface area contributed by atoms with Crippen molar-refractivity contribution in [2.24, 2.45) is 0 Å². The molecule has 0 unspecified atom stereocenters. The first-order valence-corrected chi connectivity index (χ1v) is 7.07. The van der Waals surface area contributed by atoms with E-state index in [4.69, 9.17) is 4.42 Å². The van der Waals surface area contributed by atoms with Crippen LogP contribution in [0.2, 0.25) is 0 Å². The molecule has 1 heterocycles. The zero-order chi connectivity index (χ0) is 15.5. The average molecular weight is 362 g/mol. The van der Waals surface area contributed by atoms with Crippen LogP contribution in [0.15, 0.2) is 57.4 Å². The molecule has 0 saturated carbocycles. The number of carbonyl (C=O) groups excluding carboxylic acids is 1. The van der Waals surface area contributed by atoms with E-state index >= 15 is 0 Å².